The molecule has 0 aliphatic carbocycles. The van der Waals surface area contributed by atoms with Gasteiger partial charge in [0.25, 0.3) is 5.91 Å². The van der Waals surface area contributed by atoms with E-state index in [2.05, 4.69) is 24.4 Å². The number of aromatic nitrogens is 1. The van der Waals surface area contributed by atoms with E-state index in [4.69, 9.17) is 9.15 Å². The Morgan fingerprint density at radius 2 is 1.89 bits per heavy atom. The number of nitrogens with one attached hydrogen (secondary N) is 1. The lowest BCUT2D eigenvalue weighted by molar-refractivity contribution is 0.101. The molecule has 0 saturated heterocycles. The summed E-state index contributed by atoms with van der Waals surface area (Å²) in [4.78, 5) is 13.1. The van der Waals surface area contributed by atoms with Crippen LogP contribution in [-0.2, 0) is 6.54 Å². The predicted octanol–water partition coefficient (Wildman–Crippen LogP) is 5.24. The Hall–Kier alpha value is -3.47. The lowest BCUT2D eigenvalue weighted by atomic mass is 10.1. The van der Waals surface area contributed by atoms with E-state index >= 15 is 0 Å². The fourth-order valence-corrected chi connectivity index (χ4v) is 3.33. The number of carbonyl (C=O) groups is 1. The third-order valence-corrected chi connectivity index (χ3v) is 4.78. The van der Waals surface area contributed by atoms with E-state index in [0.29, 0.717) is 35.9 Å². The molecule has 0 atom stereocenters. The molecule has 142 valence electrons. The minimum atomic E-state index is -0.202. The van der Waals surface area contributed by atoms with E-state index in [-0.39, 0.29) is 5.91 Å². The van der Waals surface area contributed by atoms with E-state index in [0.717, 1.165) is 11.1 Å². The maximum Gasteiger partial charge on any atom is 0.272 e. The molecule has 0 spiro atoms. The quantitative estimate of drug-likeness (QED) is 0.502. The second-order valence-corrected chi connectivity index (χ2v) is 6.60. The molecule has 0 bridgehead atoms. The van der Waals surface area contributed by atoms with Gasteiger partial charge in [0.1, 0.15) is 11.4 Å². The molecule has 0 fully saturated rings. The van der Waals surface area contributed by atoms with Gasteiger partial charge in [-0.25, -0.2) is 0 Å². The number of aryl methyl sites for hydroxylation is 1. The summed E-state index contributed by atoms with van der Waals surface area (Å²) in [5, 5.41) is 2.98. The van der Waals surface area contributed by atoms with Crippen LogP contribution in [0.5, 0.6) is 5.75 Å². The van der Waals surface area contributed by atoms with Crippen molar-refractivity contribution < 1.29 is 13.9 Å². The largest absolute Gasteiger partial charge is 0.492 e. The number of anilines is 1. The standard InChI is InChI=1S/C23H22N2O3/c1-3-27-21-11-7-6-10-18(21)24-23(26)20-14-22-19(12-13-28-22)25(20)15-17-9-5-4-8-16(17)2/h4-14H,3,15H2,1-2H3,(H,24,26). The molecule has 1 N–H and O–H groups in total. The van der Waals surface area contributed by atoms with Gasteiger partial charge in [-0.15, -0.1) is 0 Å². The molecule has 28 heavy (non-hydrogen) atoms. The summed E-state index contributed by atoms with van der Waals surface area (Å²) in [6.07, 6.45) is 1.64. The van der Waals surface area contributed by atoms with Crippen LogP contribution in [0.25, 0.3) is 11.1 Å². The van der Waals surface area contributed by atoms with Gasteiger partial charge < -0.3 is 19.0 Å². The maximum atomic E-state index is 13.1. The summed E-state index contributed by atoms with van der Waals surface area (Å²) in [5.41, 5.74) is 5.12. The fraction of sp³-hybridized carbons (Fsp3) is 0.174. The molecule has 0 saturated carbocycles. The van der Waals surface area contributed by atoms with Gasteiger partial charge in [0.05, 0.1) is 24.1 Å². The molecule has 0 aliphatic rings. The van der Waals surface area contributed by atoms with Crippen molar-refractivity contribution in [1.82, 2.24) is 4.57 Å². The molecule has 4 aromatic rings. The second kappa shape index (κ2) is 7.64. The Balaban J connectivity index is 1.70. The van der Waals surface area contributed by atoms with E-state index < -0.39 is 0 Å². The summed E-state index contributed by atoms with van der Waals surface area (Å²) >= 11 is 0. The topological polar surface area (TPSA) is 56.4 Å². The first-order valence-corrected chi connectivity index (χ1v) is 9.31. The Morgan fingerprint density at radius 3 is 2.71 bits per heavy atom. The SMILES string of the molecule is CCOc1ccccc1NC(=O)c1cc2occc2n1Cc1ccccc1C. The summed E-state index contributed by atoms with van der Waals surface area (Å²) in [5.74, 6) is 0.450. The summed E-state index contributed by atoms with van der Waals surface area (Å²) in [6.45, 7) is 5.11. The summed E-state index contributed by atoms with van der Waals surface area (Å²) < 4.78 is 13.1. The third kappa shape index (κ3) is 3.39. The number of hydrogen-bond acceptors (Lipinski definition) is 3. The minimum Gasteiger partial charge on any atom is -0.492 e. The van der Waals surface area contributed by atoms with Crippen molar-refractivity contribution in [2.45, 2.75) is 20.4 Å². The Bertz CT molecular complexity index is 1120. The average molecular weight is 374 g/mol. The third-order valence-electron chi connectivity index (χ3n) is 4.78. The lowest BCUT2D eigenvalue weighted by Crippen LogP contribution is -2.18. The van der Waals surface area contributed by atoms with Crippen molar-refractivity contribution in [2.75, 3.05) is 11.9 Å². The monoisotopic (exact) mass is 374 g/mol. The first-order chi connectivity index (χ1) is 13.7. The van der Waals surface area contributed by atoms with E-state index in [1.807, 2.05) is 54.0 Å². The van der Waals surface area contributed by atoms with Gasteiger partial charge in [0, 0.05) is 18.7 Å². The van der Waals surface area contributed by atoms with Crippen molar-refractivity contribution in [3.8, 4) is 5.75 Å². The van der Waals surface area contributed by atoms with E-state index in [1.54, 1.807) is 12.3 Å². The van der Waals surface area contributed by atoms with E-state index in [9.17, 15) is 4.79 Å². The van der Waals surface area contributed by atoms with Crippen LogP contribution in [0, 0.1) is 6.92 Å². The average Bonchev–Trinajstić information content (AvgIpc) is 3.28. The van der Waals surface area contributed by atoms with Crippen molar-refractivity contribution in [3.05, 3.63) is 83.7 Å². The number of amides is 1. The lowest BCUT2D eigenvalue weighted by Gasteiger charge is -2.14. The smallest absolute Gasteiger partial charge is 0.272 e. The molecule has 5 heteroatoms. The molecule has 5 nitrogen and oxygen atoms in total. The van der Waals surface area contributed by atoms with Gasteiger partial charge in [-0.2, -0.15) is 0 Å². The zero-order valence-electron chi connectivity index (χ0n) is 15.9. The molecule has 4 rings (SSSR count). The molecule has 2 aromatic heterocycles. The first-order valence-electron chi connectivity index (χ1n) is 9.31. The molecule has 2 aromatic carbocycles. The van der Waals surface area contributed by atoms with Crippen LogP contribution in [0.4, 0.5) is 5.69 Å². The predicted molar refractivity (Wildman–Crippen MR) is 110 cm³/mol. The highest BCUT2D eigenvalue weighted by molar-refractivity contribution is 6.06. The van der Waals surface area contributed by atoms with Crippen LogP contribution in [0.1, 0.15) is 28.5 Å². The zero-order chi connectivity index (χ0) is 19.5. The maximum absolute atomic E-state index is 13.1. The number of ether oxygens (including phenoxy) is 1. The van der Waals surface area contributed by atoms with Crippen molar-refractivity contribution in [3.63, 3.8) is 0 Å². The highest BCUT2D eigenvalue weighted by atomic mass is 16.5. The molecule has 0 radical (unpaired) electrons. The number of para-hydroxylation sites is 2. The number of nitrogens with zero attached hydrogens (tertiary/aromatic N) is 1. The van der Waals surface area contributed by atoms with Crippen LogP contribution in [-0.4, -0.2) is 17.1 Å². The minimum absolute atomic E-state index is 0.202. The Kier molecular flexibility index (Phi) is 4.89. The van der Waals surface area contributed by atoms with Crippen LogP contribution < -0.4 is 10.1 Å². The molecule has 2 heterocycles. The molecule has 1 amide bonds. The number of furan rings is 1. The van der Waals surface area contributed by atoms with Crippen molar-refractivity contribution in [2.24, 2.45) is 0 Å². The summed E-state index contributed by atoms with van der Waals surface area (Å²) in [6, 6.07) is 19.3. The Labute approximate surface area is 163 Å². The number of fused-ring (bicyclic) bond motifs is 1. The number of rotatable bonds is 6. The fourth-order valence-electron chi connectivity index (χ4n) is 3.33. The zero-order valence-corrected chi connectivity index (χ0v) is 15.9. The van der Waals surface area contributed by atoms with Crippen LogP contribution in [0.15, 0.2) is 71.3 Å². The Morgan fingerprint density at radius 1 is 1.11 bits per heavy atom. The van der Waals surface area contributed by atoms with Crippen molar-refractivity contribution in [1.29, 1.82) is 0 Å². The number of benzene rings is 2. The molecule has 0 unspecified atom stereocenters. The second-order valence-electron chi connectivity index (χ2n) is 6.60. The van der Waals surface area contributed by atoms with Gasteiger partial charge in [-0.05, 0) is 37.1 Å². The van der Waals surface area contributed by atoms with Gasteiger partial charge in [0.15, 0.2) is 5.58 Å². The molecular formula is C23H22N2O3. The highest BCUT2D eigenvalue weighted by Crippen LogP contribution is 2.27. The molecule has 0 aliphatic heterocycles. The number of carbonyl (C=O) groups excluding carboxylic acids is 1. The van der Waals surface area contributed by atoms with Gasteiger partial charge in [-0.3, -0.25) is 4.79 Å². The first kappa shape index (κ1) is 17.9. The van der Waals surface area contributed by atoms with Gasteiger partial charge in [-0.1, -0.05) is 36.4 Å². The van der Waals surface area contributed by atoms with Gasteiger partial charge >= 0.3 is 0 Å². The van der Waals surface area contributed by atoms with E-state index in [1.165, 1.54) is 5.56 Å². The van der Waals surface area contributed by atoms with Gasteiger partial charge in [0.2, 0.25) is 0 Å². The van der Waals surface area contributed by atoms with Crippen LogP contribution in [0.3, 0.4) is 0 Å². The van der Waals surface area contributed by atoms with Crippen molar-refractivity contribution >= 4 is 22.7 Å². The number of hydrogen-bond donors (Lipinski definition) is 1. The molecular weight excluding hydrogens is 352 g/mol. The highest BCUT2D eigenvalue weighted by Gasteiger charge is 2.19. The normalized spacial score (nSPS) is 10.9. The van der Waals surface area contributed by atoms with Crippen LogP contribution in [0.2, 0.25) is 0 Å². The van der Waals surface area contributed by atoms with Crippen LogP contribution >= 0.6 is 0 Å². The summed E-state index contributed by atoms with van der Waals surface area (Å²) in [7, 11) is 0.